The number of benzene rings is 1. The molecule has 0 saturated carbocycles. The number of nitrogens with one attached hydrogen (secondary N) is 1. The largest absolute Gasteiger partial charge is 0.376 e. The predicted molar refractivity (Wildman–Crippen MR) is 127 cm³/mol. The Kier molecular flexibility index (Phi) is 5.69. The molecule has 0 bridgehead atoms. The van der Waals surface area contributed by atoms with Crippen LogP contribution >= 0.6 is 23.8 Å². The summed E-state index contributed by atoms with van der Waals surface area (Å²) in [5.41, 5.74) is 4.26. The molecule has 4 heterocycles. The lowest BCUT2D eigenvalue weighted by atomic mass is 10.0. The summed E-state index contributed by atoms with van der Waals surface area (Å²) in [6.45, 7) is 3.62. The predicted octanol–water partition coefficient (Wildman–Crippen LogP) is 4.99. The molecule has 5 nitrogen and oxygen atoms in total. The molecular weight excluding hydrogens is 428 g/mol. The van der Waals surface area contributed by atoms with Crippen molar-refractivity contribution in [3.63, 3.8) is 0 Å². The Bertz CT molecular complexity index is 1080. The first kappa shape index (κ1) is 20.5. The van der Waals surface area contributed by atoms with Crippen LogP contribution in [0, 0.1) is 6.92 Å². The van der Waals surface area contributed by atoms with Crippen LogP contribution in [0.1, 0.15) is 41.9 Å². The molecule has 7 heteroatoms. The van der Waals surface area contributed by atoms with Crippen LogP contribution in [-0.2, 0) is 4.74 Å². The first-order valence-electron chi connectivity index (χ1n) is 10.7. The van der Waals surface area contributed by atoms with Gasteiger partial charge in [-0.05, 0) is 80.0 Å². The average Bonchev–Trinajstić information content (AvgIpc) is 3.52. The summed E-state index contributed by atoms with van der Waals surface area (Å²) < 4.78 is 8.17. The molecule has 1 N–H and O–H groups in total. The maximum Gasteiger partial charge on any atom is 0.170 e. The normalized spacial score (nSPS) is 23.4. The maximum atomic E-state index is 6.28. The van der Waals surface area contributed by atoms with E-state index < -0.39 is 0 Å². The van der Waals surface area contributed by atoms with Crippen molar-refractivity contribution in [2.45, 2.75) is 38.0 Å². The zero-order valence-electron chi connectivity index (χ0n) is 17.4. The van der Waals surface area contributed by atoms with Gasteiger partial charge in [-0.1, -0.05) is 17.7 Å². The minimum atomic E-state index is -0.0443. The van der Waals surface area contributed by atoms with Crippen molar-refractivity contribution in [3.05, 3.63) is 82.9 Å². The standard InChI is InChI=1S/C24H25ClN4OS/c1-16-14-17(9-10-19(16)25)28-12-4-8-21(28)23-22(20-7-2-3-11-26-20)27-24(31)29(23)15-18-6-5-13-30-18/h2-4,7-12,14,18,22-23H,5-6,13,15H2,1H3,(H,27,31). The highest BCUT2D eigenvalue weighted by Gasteiger charge is 2.42. The van der Waals surface area contributed by atoms with Crippen LogP contribution in [0.4, 0.5) is 0 Å². The number of nitrogens with zero attached hydrogens (tertiary/aromatic N) is 3. The fourth-order valence-corrected chi connectivity index (χ4v) is 5.01. The molecule has 160 valence electrons. The van der Waals surface area contributed by atoms with E-state index in [1.807, 2.05) is 31.3 Å². The van der Waals surface area contributed by atoms with Crippen molar-refractivity contribution in [2.75, 3.05) is 13.2 Å². The van der Waals surface area contributed by atoms with E-state index >= 15 is 0 Å². The smallest absolute Gasteiger partial charge is 0.170 e. The van der Waals surface area contributed by atoms with E-state index in [0.29, 0.717) is 0 Å². The van der Waals surface area contributed by atoms with Gasteiger partial charge >= 0.3 is 0 Å². The zero-order chi connectivity index (χ0) is 21.4. The SMILES string of the molecule is Cc1cc(-n2cccc2C2C(c3ccccn3)NC(=S)N2CC2CCCO2)ccc1Cl. The van der Waals surface area contributed by atoms with Gasteiger partial charge in [0.05, 0.1) is 23.9 Å². The summed E-state index contributed by atoms with van der Waals surface area (Å²) in [6.07, 6.45) is 6.30. The van der Waals surface area contributed by atoms with Crippen LogP contribution < -0.4 is 5.32 Å². The summed E-state index contributed by atoms with van der Waals surface area (Å²) in [6, 6.07) is 16.4. The van der Waals surface area contributed by atoms with Gasteiger partial charge in [0.15, 0.2) is 5.11 Å². The average molecular weight is 453 g/mol. The van der Waals surface area contributed by atoms with Gasteiger partial charge in [-0.15, -0.1) is 0 Å². The van der Waals surface area contributed by atoms with Crippen molar-refractivity contribution in [2.24, 2.45) is 0 Å². The Balaban J connectivity index is 1.57. The lowest BCUT2D eigenvalue weighted by molar-refractivity contribution is 0.0836. The Labute approximate surface area is 193 Å². The van der Waals surface area contributed by atoms with Crippen molar-refractivity contribution >= 4 is 28.9 Å². The molecule has 3 aromatic rings. The second-order valence-electron chi connectivity index (χ2n) is 8.15. The molecule has 2 aliphatic rings. The summed E-state index contributed by atoms with van der Waals surface area (Å²) in [7, 11) is 0. The summed E-state index contributed by atoms with van der Waals surface area (Å²) in [5.74, 6) is 0. The van der Waals surface area contributed by atoms with Crippen LogP contribution in [0.2, 0.25) is 5.02 Å². The second-order valence-corrected chi connectivity index (χ2v) is 8.94. The van der Waals surface area contributed by atoms with Gasteiger partial charge in [-0.2, -0.15) is 0 Å². The van der Waals surface area contributed by atoms with E-state index in [0.717, 1.165) is 58.8 Å². The molecule has 0 amide bonds. The zero-order valence-corrected chi connectivity index (χ0v) is 18.9. The molecule has 1 aromatic carbocycles. The van der Waals surface area contributed by atoms with E-state index in [1.54, 1.807) is 0 Å². The van der Waals surface area contributed by atoms with Gasteiger partial charge in [0.1, 0.15) is 0 Å². The first-order chi connectivity index (χ1) is 15.1. The van der Waals surface area contributed by atoms with E-state index in [9.17, 15) is 0 Å². The number of hydrogen-bond donors (Lipinski definition) is 1. The number of aryl methyl sites for hydroxylation is 1. The van der Waals surface area contributed by atoms with Crippen LogP contribution in [0.3, 0.4) is 0 Å². The van der Waals surface area contributed by atoms with Crippen LogP contribution in [0.15, 0.2) is 60.9 Å². The van der Waals surface area contributed by atoms with Gasteiger partial charge in [-0.3, -0.25) is 4.98 Å². The highest BCUT2D eigenvalue weighted by molar-refractivity contribution is 7.80. The number of rotatable bonds is 5. The Morgan fingerprint density at radius 3 is 2.87 bits per heavy atom. The molecule has 0 aliphatic carbocycles. The van der Waals surface area contributed by atoms with Gasteiger partial charge < -0.3 is 19.5 Å². The molecule has 3 atom stereocenters. The fourth-order valence-electron chi connectivity index (χ4n) is 4.58. The third kappa shape index (κ3) is 3.95. The highest BCUT2D eigenvalue weighted by atomic mass is 35.5. The van der Waals surface area contributed by atoms with E-state index in [1.165, 1.54) is 0 Å². The van der Waals surface area contributed by atoms with Crippen LogP contribution in [0.25, 0.3) is 5.69 Å². The number of hydrogen-bond acceptors (Lipinski definition) is 3. The summed E-state index contributed by atoms with van der Waals surface area (Å²) in [5, 5.41) is 5.05. The molecule has 3 unspecified atom stereocenters. The van der Waals surface area contributed by atoms with Crippen molar-refractivity contribution in [1.82, 2.24) is 19.8 Å². The minimum Gasteiger partial charge on any atom is -0.376 e. The van der Waals surface area contributed by atoms with Crippen molar-refractivity contribution < 1.29 is 4.74 Å². The Hall–Kier alpha value is -2.41. The highest BCUT2D eigenvalue weighted by Crippen LogP contribution is 2.40. The third-order valence-electron chi connectivity index (χ3n) is 6.13. The van der Waals surface area contributed by atoms with Crippen LogP contribution in [-0.4, -0.2) is 38.8 Å². The molecule has 31 heavy (non-hydrogen) atoms. The number of ether oxygens (including phenoxy) is 1. The van der Waals surface area contributed by atoms with Gasteiger partial charge in [0, 0.05) is 41.9 Å². The van der Waals surface area contributed by atoms with Gasteiger partial charge in [0.25, 0.3) is 0 Å². The molecule has 5 rings (SSSR count). The number of halogens is 1. The maximum absolute atomic E-state index is 6.28. The van der Waals surface area contributed by atoms with Gasteiger partial charge in [-0.25, -0.2) is 0 Å². The van der Waals surface area contributed by atoms with Crippen LogP contribution in [0.5, 0.6) is 0 Å². The molecule has 0 radical (unpaired) electrons. The number of aromatic nitrogens is 2. The number of pyridine rings is 1. The lowest BCUT2D eigenvalue weighted by Gasteiger charge is -2.30. The quantitative estimate of drug-likeness (QED) is 0.552. The van der Waals surface area contributed by atoms with Gasteiger partial charge in [0.2, 0.25) is 0 Å². The molecule has 0 spiro atoms. The molecular formula is C24H25ClN4OS. The Morgan fingerprint density at radius 1 is 1.23 bits per heavy atom. The fraction of sp³-hybridized carbons (Fsp3) is 0.333. The van der Waals surface area contributed by atoms with E-state index in [-0.39, 0.29) is 18.2 Å². The summed E-state index contributed by atoms with van der Waals surface area (Å²) >= 11 is 12.1. The van der Waals surface area contributed by atoms with Crippen molar-refractivity contribution in [1.29, 1.82) is 0 Å². The number of thiocarbonyl (C=S) groups is 1. The third-order valence-corrected chi connectivity index (χ3v) is 6.90. The van der Waals surface area contributed by atoms with E-state index in [2.05, 4.69) is 56.3 Å². The minimum absolute atomic E-state index is 0.00224. The Morgan fingerprint density at radius 2 is 2.13 bits per heavy atom. The van der Waals surface area contributed by atoms with Crippen molar-refractivity contribution in [3.8, 4) is 5.69 Å². The molecule has 2 fully saturated rings. The first-order valence-corrected chi connectivity index (χ1v) is 11.4. The van der Waals surface area contributed by atoms with E-state index in [4.69, 9.17) is 28.6 Å². The topological polar surface area (TPSA) is 42.3 Å². The molecule has 2 saturated heterocycles. The molecule has 2 aromatic heterocycles. The molecule has 2 aliphatic heterocycles. The lowest BCUT2D eigenvalue weighted by Crippen LogP contribution is -2.36. The second kappa shape index (κ2) is 8.61. The summed E-state index contributed by atoms with van der Waals surface area (Å²) in [4.78, 5) is 6.92. The monoisotopic (exact) mass is 452 g/mol.